The Labute approximate surface area is 150 Å². The summed E-state index contributed by atoms with van der Waals surface area (Å²) in [7, 11) is 0. The van der Waals surface area contributed by atoms with Gasteiger partial charge in [-0.15, -0.1) is 0 Å². The van der Waals surface area contributed by atoms with Gasteiger partial charge >= 0.3 is 0 Å². The molecule has 1 aliphatic rings. The molecular formula is C19H19FN2O4. The van der Waals surface area contributed by atoms with Crippen LogP contribution in [-0.2, 0) is 9.63 Å². The summed E-state index contributed by atoms with van der Waals surface area (Å²) in [5, 5.41) is 4.00. The molecule has 1 heterocycles. The van der Waals surface area contributed by atoms with Gasteiger partial charge in [-0.25, -0.2) is 4.39 Å². The fraction of sp³-hybridized carbons (Fsp3) is 0.263. The zero-order chi connectivity index (χ0) is 18.5. The van der Waals surface area contributed by atoms with Crippen molar-refractivity contribution in [3.05, 3.63) is 53.8 Å². The average Bonchev–Trinajstić information content (AvgIpc) is 3.11. The summed E-state index contributed by atoms with van der Waals surface area (Å²) in [6.45, 7) is 4.05. The Bertz CT molecular complexity index is 821. The van der Waals surface area contributed by atoms with Crippen LogP contribution in [0.2, 0.25) is 0 Å². The van der Waals surface area contributed by atoms with Gasteiger partial charge in [0.1, 0.15) is 5.82 Å². The van der Waals surface area contributed by atoms with E-state index in [-0.39, 0.29) is 25.1 Å². The normalized spacial score (nSPS) is 12.8. The molecule has 7 heteroatoms. The molecule has 0 spiro atoms. The first-order valence-electron chi connectivity index (χ1n) is 8.21. The third-order valence-electron chi connectivity index (χ3n) is 3.94. The SMILES string of the molecule is CCN(C(=O)CO/N=C(\C)c1ccc2c(c1)OCO2)c1ccc(F)cc1. The van der Waals surface area contributed by atoms with E-state index in [2.05, 4.69) is 5.16 Å². The van der Waals surface area contributed by atoms with Crippen molar-refractivity contribution in [2.24, 2.45) is 5.16 Å². The summed E-state index contributed by atoms with van der Waals surface area (Å²) in [5.41, 5.74) is 2.03. The number of hydrogen-bond acceptors (Lipinski definition) is 5. The summed E-state index contributed by atoms with van der Waals surface area (Å²) < 4.78 is 23.6. The molecule has 136 valence electrons. The number of ether oxygens (including phenoxy) is 2. The Morgan fingerprint density at radius 1 is 1.19 bits per heavy atom. The van der Waals surface area contributed by atoms with E-state index in [0.717, 1.165) is 5.56 Å². The highest BCUT2D eigenvalue weighted by atomic mass is 19.1. The number of carbonyl (C=O) groups is 1. The van der Waals surface area contributed by atoms with Gasteiger partial charge in [0, 0.05) is 17.8 Å². The minimum Gasteiger partial charge on any atom is -0.454 e. The van der Waals surface area contributed by atoms with Crippen LogP contribution in [-0.4, -0.2) is 31.6 Å². The van der Waals surface area contributed by atoms with E-state index in [0.29, 0.717) is 29.4 Å². The lowest BCUT2D eigenvalue weighted by atomic mass is 10.1. The van der Waals surface area contributed by atoms with E-state index < -0.39 is 0 Å². The number of oxime groups is 1. The molecule has 3 rings (SSSR count). The number of likely N-dealkylation sites (N-methyl/N-ethyl adjacent to an activating group) is 1. The Morgan fingerprint density at radius 2 is 1.92 bits per heavy atom. The fourth-order valence-electron chi connectivity index (χ4n) is 2.56. The summed E-state index contributed by atoms with van der Waals surface area (Å²) >= 11 is 0. The van der Waals surface area contributed by atoms with E-state index in [1.807, 2.05) is 19.1 Å². The van der Waals surface area contributed by atoms with Crippen LogP contribution in [0.5, 0.6) is 11.5 Å². The van der Waals surface area contributed by atoms with Crippen molar-refractivity contribution < 1.29 is 23.5 Å². The molecule has 26 heavy (non-hydrogen) atoms. The van der Waals surface area contributed by atoms with Gasteiger partial charge in [0.2, 0.25) is 6.79 Å². The van der Waals surface area contributed by atoms with E-state index in [4.69, 9.17) is 14.3 Å². The van der Waals surface area contributed by atoms with Crippen LogP contribution in [0.1, 0.15) is 19.4 Å². The molecule has 1 aliphatic heterocycles. The van der Waals surface area contributed by atoms with Gasteiger partial charge in [0.05, 0.1) is 5.71 Å². The van der Waals surface area contributed by atoms with Gasteiger partial charge < -0.3 is 19.2 Å². The average molecular weight is 358 g/mol. The van der Waals surface area contributed by atoms with Gasteiger partial charge in [0.15, 0.2) is 18.1 Å². The number of nitrogens with zero attached hydrogens (tertiary/aromatic N) is 2. The van der Waals surface area contributed by atoms with Gasteiger partial charge in [-0.1, -0.05) is 5.16 Å². The van der Waals surface area contributed by atoms with Gasteiger partial charge in [0.25, 0.3) is 5.91 Å². The van der Waals surface area contributed by atoms with Crippen molar-refractivity contribution in [1.29, 1.82) is 0 Å². The van der Waals surface area contributed by atoms with E-state index >= 15 is 0 Å². The predicted molar refractivity (Wildman–Crippen MR) is 95.2 cm³/mol. The van der Waals surface area contributed by atoms with Crippen molar-refractivity contribution >= 4 is 17.3 Å². The number of hydrogen-bond donors (Lipinski definition) is 0. The third kappa shape index (κ3) is 3.93. The van der Waals surface area contributed by atoms with Crippen LogP contribution in [0, 0.1) is 5.82 Å². The lowest BCUT2D eigenvalue weighted by Crippen LogP contribution is -2.33. The maximum absolute atomic E-state index is 13.0. The lowest BCUT2D eigenvalue weighted by Gasteiger charge is -2.20. The molecule has 0 atom stereocenters. The zero-order valence-electron chi connectivity index (χ0n) is 14.6. The minimum atomic E-state index is -0.350. The molecule has 0 radical (unpaired) electrons. The molecule has 0 N–H and O–H groups in total. The van der Waals surface area contributed by atoms with Crippen molar-refractivity contribution in [3.63, 3.8) is 0 Å². The Hall–Kier alpha value is -3.09. The summed E-state index contributed by atoms with van der Waals surface area (Å²) in [4.78, 5) is 19.0. The molecule has 0 fully saturated rings. The highest BCUT2D eigenvalue weighted by molar-refractivity contribution is 5.99. The maximum atomic E-state index is 13.0. The van der Waals surface area contributed by atoms with Crippen LogP contribution < -0.4 is 14.4 Å². The number of amides is 1. The largest absolute Gasteiger partial charge is 0.454 e. The number of fused-ring (bicyclic) bond motifs is 1. The highest BCUT2D eigenvalue weighted by Crippen LogP contribution is 2.32. The molecule has 0 bridgehead atoms. The van der Waals surface area contributed by atoms with E-state index in [9.17, 15) is 9.18 Å². The number of rotatable bonds is 6. The van der Waals surface area contributed by atoms with Crippen molar-refractivity contribution in [2.45, 2.75) is 13.8 Å². The van der Waals surface area contributed by atoms with Crippen molar-refractivity contribution in [2.75, 3.05) is 24.8 Å². The van der Waals surface area contributed by atoms with E-state index in [1.165, 1.54) is 17.0 Å². The molecule has 0 saturated heterocycles. The minimum absolute atomic E-state index is 0.205. The monoisotopic (exact) mass is 358 g/mol. The molecule has 2 aromatic carbocycles. The Morgan fingerprint density at radius 3 is 2.65 bits per heavy atom. The third-order valence-corrected chi connectivity index (χ3v) is 3.94. The van der Waals surface area contributed by atoms with Crippen LogP contribution >= 0.6 is 0 Å². The first-order chi connectivity index (χ1) is 12.6. The molecule has 0 unspecified atom stereocenters. The summed E-state index contributed by atoms with van der Waals surface area (Å²) in [6, 6.07) is 11.2. The number of anilines is 1. The quantitative estimate of drug-likeness (QED) is 0.587. The molecule has 1 amide bonds. The van der Waals surface area contributed by atoms with Gasteiger partial charge in [-0.05, 0) is 56.3 Å². The van der Waals surface area contributed by atoms with Gasteiger partial charge in [-0.3, -0.25) is 4.79 Å². The summed E-state index contributed by atoms with van der Waals surface area (Å²) in [6.07, 6.45) is 0. The smallest absolute Gasteiger partial charge is 0.267 e. The second-order valence-corrected chi connectivity index (χ2v) is 5.63. The number of carbonyl (C=O) groups excluding carboxylic acids is 1. The maximum Gasteiger partial charge on any atom is 0.267 e. The molecule has 0 saturated carbocycles. The van der Waals surface area contributed by atoms with Crippen LogP contribution in [0.25, 0.3) is 0 Å². The Kier molecular flexibility index (Phi) is 5.36. The summed E-state index contributed by atoms with van der Waals surface area (Å²) in [5.74, 6) is 0.732. The Balaban J connectivity index is 1.61. The fourth-order valence-corrected chi connectivity index (χ4v) is 2.56. The molecule has 0 aliphatic carbocycles. The van der Waals surface area contributed by atoms with Gasteiger partial charge in [-0.2, -0.15) is 0 Å². The highest BCUT2D eigenvalue weighted by Gasteiger charge is 2.16. The lowest BCUT2D eigenvalue weighted by molar-refractivity contribution is -0.123. The predicted octanol–water partition coefficient (Wildman–Crippen LogP) is 3.35. The van der Waals surface area contributed by atoms with Crippen molar-refractivity contribution in [1.82, 2.24) is 0 Å². The second-order valence-electron chi connectivity index (χ2n) is 5.63. The first-order valence-corrected chi connectivity index (χ1v) is 8.21. The molecule has 0 aromatic heterocycles. The zero-order valence-corrected chi connectivity index (χ0v) is 14.6. The topological polar surface area (TPSA) is 60.4 Å². The number of halogens is 1. The standard InChI is InChI=1S/C19H19FN2O4/c1-3-22(16-7-5-15(20)6-8-16)19(23)11-26-21-13(2)14-4-9-17-18(10-14)25-12-24-17/h4-10H,3,11-12H2,1-2H3/b21-13+. The van der Waals surface area contributed by atoms with Crippen LogP contribution in [0.4, 0.5) is 10.1 Å². The molecule has 6 nitrogen and oxygen atoms in total. The number of benzene rings is 2. The van der Waals surface area contributed by atoms with Crippen LogP contribution in [0.3, 0.4) is 0 Å². The van der Waals surface area contributed by atoms with Crippen molar-refractivity contribution in [3.8, 4) is 11.5 Å². The molecular weight excluding hydrogens is 339 g/mol. The van der Waals surface area contributed by atoms with Crippen LogP contribution in [0.15, 0.2) is 47.6 Å². The first kappa shape index (κ1) is 17.7. The second kappa shape index (κ2) is 7.86. The molecule has 2 aromatic rings. The van der Waals surface area contributed by atoms with E-state index in [1.54, 1.807) is 25.1 Å².